The number of nitrogen functional groups attached to an aromatic ring is 1. The van der Waals surface area contributed by atoms with Gasteiger partial charge in [-0.25, -0.2) is 9.37 Å². The number of benzene rings is 1. The second kappa shape index (κ2) is 5.24. The predicted molar refractivity (Wildman–Crippen MR) is 71.5 cm³/mol. The fourth-order valence-corrected chi connectivity index (χ4v) is 1.59. The monoisotopic (exact) mass is 279 g/mol. The van der Waals surface area contributed by atoms with Crippen LogP contribution in [-0.2, 0) is 0 Å². The van der Waals surface area contributed by atoms with Crippen LogP contribution in [0.25, 0.3) is 0 Å². The topological polar surface area (TPSA) is 72.0 Å². The quantitative estimate of drug-likeness (QED) is 0.669. The minimum absolute atomic E-state index is 0.0105. The second-order valence-corrected chi connectivity index (χ2v) is 4.30. The maximum atomic E-state index is 13.3. The first-order valence-electron chi connectivity index (χ1n) is 5.42. The molecule has 3 N–H and O–H groups in total. The van der Waals surface area contributed by atoms with Crippen molar-refractivity contribution in [3.8, 4) is 11.6 Å². The molecular formula is C13H11ClFN3O. The third-order valence-corrected chi connectivity index (χ3v) is 2.70. The van der Waals surface area contributed by atoms with E-state index in [2.05, 4.69) is 4.98 Å². The van der Waals surface area contributed by atoms with Crippen LogP contribution >= 0.6 is 11.6 Å². The van der Waals surface area contributed by atoms with Crippen molar-refractivity contribution in [2.75, 3.05) is 0 Å². The van der Waals surface area contributed by atoms with Gasteiger partial charge in [-0.1, -0.05) is 11.6 Å². The van der Waals surface area contributed by atoms with Gasteiger partial charge in [0.15, 0.2) is 0 Å². The van der Waals surface area contributed by atoms with Gasteiger partial charge in [-0.05, 0) is 31.2 Å². The van der Waals surface area contributed by atoms with Crippen molar-refractivity contribution in [2.24, 2.45) is 5.73 Å². The van der Waals surface area contributed by atoms with E-state index in [1.165, 1.54) is 12.1 Å². The van der Waals surface area contributed by atoms with Crippen LogP contribution in [0, 0.1) is 18.2 Å². The van der Waals surface area contributed by atoms with E-state index in [0.717, 1.165) is 6.07 Å². The van der Waals surface area contributed by atoms with Crippen molar-refractivity contribution in [2.45, 2.75) is 6.92 Å². The van der Waals surface area contributed by atoms with Gasteiger partial charge in [-0.2, -0.15) is 0 Å². The van der Waals surface area contributed by atoms with Gasteiger partial charge in [0.05, 0.1) is 10.6 Å². The Bertz CT molecular complexity index is 646. The molecule has 0 saturated carbocycles. The summed E-state index contributed by atoms with van der Waals surface area (Å²) in [6, 6.07) is 7.39. The Morgan fingerprint density at radius 1 is 1.37 bits per heavy atom. The molecule has 0 amide bonds. The normalized spacial score (nSPS) is 10.3. The number of ether oxygens (including phenoxy) is 1. The average molecular weight is 280 g/mol. The van der Waals surface area contributed by atoms with Crippen LogP contribution in [0.1, 0.15) is 11.3 Å². The number of hydrogen-bond acceptors (Lipinski definition) is 3. The molecule has 2 rings (SSSR count). The lowest BCUT2D eigenvalue weighted by atomic mass is 10.2. The molecule has 0 aliphatic carbocycles. The number of nitrogens with two attached hydrogens (primary N) is 1. The van der Waals surface area contributed by atoms with Gasteiger partial charge in [0.25, 0.3) is 0 Å². The zero-order chi connectivity index (χ0) is 14.0. The van der Waals surface area contributed by atoms with Crippen LogP contribution in [0.3, 0.4) is 0 Å². The number of aromatic nitrogens is 1. The van der Waals surface area contributed by atoms with E-state index in [1.54, 1.807) is 19.1 Å². The molecule has 6 heteroatoms. The Kier molecular flexibility index (Phi) is 3.66. The van der Waals surface area contributed by atoms with Gasteiger partial charge in [-0.15, -0.1) is 0 Å². The second-order valence-electron chi connectivity index (χ2n) is 3.90. The number of halogens is 2. The van der Waals surface area contributed by atoms with E-state index < -0.39 is 5.82 Å². The summed E-state index contributed by atoms with van der Waals surface area (Å²) in [5, 5.41) is 7.46. The molecule has 0 saturated heterocycles. The maximum absolute atomic E-state index is 13.3. The Hall–Kier alpha value is -2.14. The Morgan fingerprint density at radius 2 is 2.11 bits per heavy atom. The number of pyridine rings is 1. The van der Waals surface area contributed by atoms with Crippen LogP contribution in [0.15, 0.2) is 30.3 Å². The van der Waals surface area contributed by atoms with E-state index in [0.29, 0.717) is 11.3 Å². The van der Waals surface area contributed by atoms with Gasteiger partial charge < -0.3 is 10.5 Å². The summed E-state index contributed by atoms with van der Waals surface area (Å²) in [7, 11) is 0. The Morgan fingerprint density at radius 3 is 2.74 bits per heavy atom. The zero-order valence-corrected chi connectivity index (χ0v) is 10.8. The highest BCUT2D eigenvalue weighted by Crippen LogP contribution is 2.26. The summed E-state index contributed by atoms with van der Waals surface area (Å²) in [5.41, 5.74) is 6.49. The van der Waals surface area contributed by atoms with Crippen molar-refractivity contribution in [3.05, 3.63) is 52.4 Å². The number of amidine groups is 1. The standard InChI is InChI=1S/C13H11ClFN3O/c1-7-2-4-9(12(16)17)13(18-7)19-8-3-5-10(14)11(15)6-8/h2-6H,1H3,(H3,16,17). The van der Waals surface area contributed by atoms with Gasteiger partial charge in [-0.3, -0.25) is 5.41 Å². The minimum atomic E-state index is -0.587. The third-order valence-electron chi connectivity index (χ3n) is 2.40. The van der Waals surface area contributed by atoms with Crippen LogP contribution in [0.5, 0.6) is 11.6 Å². The minimum Gasteiger partial charge on any atom is -0.438 e. The van der Waals surface area contributed by atoms with E-state index >= 15 is 0 Å². The molecule has 0 bridgehead atoms. The lowest BCUT2D eigenvalue weighted by molar-refractivity contribution is 0.456. The van der Waals surface area contributed by atoms with Gasteiger partial charge in [0.1, 0.15) is 17.4 Å². The zero-order valence-electron chi connectivity index (χ0n) is 10.1. The molecule has 0 aliphatic rings. The van der Waals surface area contributed by atoms with Crippen LogP contribution in [-0.4, -0.2) is 10.8 Å². The van der Waals surface area contributed by atoms with E-state index in [4.69, 9.17) is 27.5 Å². The molecule has 0 radical (unpaired) electrons. The summed E-state index contributed by atoms with van der Waals surface area (Å²) in [6.07, 6.45) is 0. The Labute approximate surface area is 114 Å². The van der Waals surface area contributed by atoms with Gasteiger partial charge in [0, 0.05) is 11.8 Å². The molecule has 1 heterocycles. The first-order valence-corrected chi connectivity index (χ1v) is 5.80. The first-order chi connectivity index (χ1) is 8.97. The van der Waals surface area contributed by atoms with Crippen molar-refractivity contribution in [1.29, 1.82) is 5.41 Å². The van der Waals surface area contributed by atoms with E-state index in [-0.39, 0.29) is 22.5 Å². The molecule has 0 unspecified atom stereocenters. The smallest absolute Gasteiger partial charge is 0.230 e. The number of nitrogens with zero attached hydrogens (tertiary/aromatic N) is 1. The summed E-state index contributed by atoms with van der Waals surface area (Å²) in [4.78, 5) is 4.14. The Balaban J connectivity index is 2.39. The molecule has 0 fully saturated rings. The van der Waals surface area contributed by atoms with Crippen molar-refractivity contribution in [3.63, 3.8) is 0 Å². The van der Waals surface area contributed by atoms with Crippen molar-refractivity contribution in [1.82, 2.24) is 4.98 Å². The molecule has 0 aliphatic heterocycles. The fourth-order valence-electron chi connectivity index (χ4n) is 1.47. The van der Waals surface area contributed by atoms with E-state index in [9.17, 15) is 4.39 Å². The lowest BCUT2D eigenvalue weighted by Gasteiger charge is -2.10. The average Bonchev–Trinajstić information content (AvgIpc) is 2.33. The van der Waals surface area contributed by atoms with E-state index in [1.807, 2.05) is 0 Å². The SMILES string of the molecule is Cc1ccc(C(=N)N)c(Oc2ccc(Cl)c(F)c2)n1. The molecule has 2 aromatic rings. The fraction of sp³-hybridized carbons (Fsp3) is 0.0769. The summed E-state index contributed by atoms with van der Waals surface area (Å²) < 4.78 is 18.8. The predicted octanol–water partition coefficient (Wildman–Crippen LogP) is 3.26. The number of aryl methyl sites for hydroxylation is 1. The molecule has 98 valence electrons. The maximum Gasteiger partial charge on any atom is 0.230 e. The molecule has 0 spiro atoms. The van der Waals surface area contributed by atoms with Crippen molar-refractivity contribution >= 4 is 17.4 Å². The van der Waals surface area contributed by atoms with Gasteiger partial charge in [0.2, 0.25) is 5.88 Å². The third kappa shape index (κ3) is 3.00. The molecular weight excluding hydrogens is 269 g/mol. The molecule has 19 heavy (non-hydrogen) atoms. The highest BCUT2D eigenvalue weighted by Gasteiger charge is 2.11. The molecule has 0 atom stereocenters. The van der Waals surface area contributed by atoms with Gasteiger partial charge >= 0.3 is 0 Å². The highest BCUT2D eigenvalue weighted by atomic mass is 35.5. The van der Waals surface area contributed by atoms with Crippen LogP contribution < -0.4 is 10.5 Å². The number of nitrogens with one attached hydrogen (secondary N) is 1. The first kappa shape index (κ1) is 13.3. The van der Waals surface area contributed by atoms with Crippen LogP contribution in [0.4, 0.5) is 4.39 Å². The largest absolute Gasteiger partial charge is 0.438 e. The van der Waals surface area contributed by atoms with Crippen molar-refractivity contribution < 1.29 is 9.13 Å². The molecule has 4 nitrogen and oxygen atoms in total. The van der Waals surface area contributed by atoms with Crippen LogP contribution in [0.2, 0.25) is 5.02 Å². The number of rotatable bonds is 3. The summed E-state index contributed by atoms with van der Waals surface area (Å²) >= 11 is 5.59. The molecule has 1 aromatic heterocycles. The number of hydrogen-bond donors (Lipinski definition) is 2. The lowest BCUT2D eigenvalue weighted by Crippen LogP contribution is -2.13. The highest BCUT2D eigenvalue weighted by molar-refractivity contribution is 6.30. The summed E-state index contributed by atoms with van der Waals surface area (Å²) in [6.45, 7) is 1.78. The summed E-state index contributed by atoms with van der Waals surface area (Å²) in [5.74, 6) is -0.357. The molecule has 1 aromatic carbocycles.